The number of carbonyl (C=O) groups is 1. The molecule has 5 heteroatoms. The molecule has 0 saturated carbocycles. The fourth-order valence-corrected chi connectivity index (χ4v) is 1.36. The van der Waals surface area contributed by atoms with Crippen LogP contribution in [0.25, 0.3) is 11.1 Å². The second-order valence-corrected chi connectivity index (χ2v) is 3.06. The molecule has 2 rings (SSSR count). The van der Waals surface area contributed by atoms with Crippen molar-refractivity contribution >= 4 is 6.29 Å². The minimum Gasteiger partial charge on any atom is -0.461 e. The summed E-state index contributed by atoms with van der Waals surface area (Å²) in [5.41, 5.74) is -0.124. The Morgan fingerprint density at radius 2 is 1.69 bits per heavy atom. The van der Waals surface area contributed by atoms with E-state index in [1.165, 1.54) is 12.3 Å². The molecule has 2 nitrogen and oxygen atoms in total. The number of hydrogen-bond acceptors (Lipinski definition) is 2. The quantitative estimate of drug-likeness (QED) is 0.581. The van der Waals surface area contributed by atoms with E-state index in [4.69, 9.17) is 4.42 Å². The van der Waals surface area contributed by atoms with Gasteiger partial charge in [-0.2, -0.15) is 0 Å². The first-order chi connectivity index (χ1) is 7.63. The van der Waals surface area contributed by atoms with Gasteiger partial charge in [0.2, 0.25) is 0 Å². The molecule has 16 heavy (non-hydrogen) atoms. The molecule has 1 aromatic carbocycles. The molecular formula is C11H5F3O2. The SMILES string of the molecule is O=Cc1occc1-c1cc(F)c(F)cc1F. The zero-order valence-corrected chi connectivity index (χ0v) is 7.84. The number of furan rings is 1. The van der Waals surface area contributed by atoms with E-state index < -0.39 is 17.5 Å². The van der Waals surface area contributed by atoms with E-state index in [1.54, 1.807) is 0 Å². The standard InChI is InChI=1S/C11H5F3O2/c12-8-4-10(14)9(13)3-7(8)6-1-2-16-11(6)5-15/h1-5H. The first-order valence-electron chi connectivity index (χ1n) is 4.31. The van der Waals surface area contributed by atoms with Crippen molar-refractivity contribution in [3.63, 3.8) is 0 Å². The van der Waals surface area contributed by atoms with Gasteiger partial charge in [0, 0.05) is 17.2 Å². The lowest BCUT2D eigenvalue weighted by Crippen LogP contribution is -1.92. The van der Waals surface area contributed by atoms with Crippen LogP contribution in [0.2, 0.25) is 0 Å². The zero-order chi connectivity index (χ0) is 11.7. The minimum absolute atomic E-state index is 0.0893. The van der Waals surface area contributed by atoms with Crippen LogP contribution in [0.1, 0.15) is 10.6 Å². The van der Waals surface area contributed by atoms with Crippen molar-refractivity contribution in [2.24, 2.45) is 0 Å². The first-order valence-corrected chi connectivity index (χ1v) is 4.31. The fraction of sp³-hybridized carbons (Fsp3) is 0. The van der Waals surface area contributed by atoms with Gasteiger partial charge in [0.25, 0.3) is 0 Å². The molecule has 0 bridgehead atoms. The maximum Gasteiger partial charge on any atom is 0.185 e. The largest absolute Gasteiger partial charge is 0.461 e. The highest BCUT2D eigenvalue weighted by atomic mass is 19.2. The van der Waals surface area contributed by atoms with Gasteiger partial charge in [-0.25, -0.2) is 13.2 Å². The molecule has 0 N–H and O–H groups in total. The summed E-state index contributed by atoms with van der Waals surface area (Å²) in [5, 5.41) is 0. The number of rotatable bonds is 2. The van der Waals surface area contributed by atoms with Crippen LogP contribution >= 0.6 is 0 Å². The summed E-state index contributed by atoms with van der Waals surface area (Å²) in [5.74, 6) is -3.56. The highest BCUT2D eigenvalue weighted by molar-refractivity contribution is 5.84. The number of halogens is 3. The van der Waals surface area contributed by atoms with Crippen LogP contribution in [0, 0.1) is 17.5 Å². The van der Waals surface area contributed by atoms with Crippen molar-refractivity contribution < 1.29 is 22.4 Å². The molecule has 1 aromatic heterocycles. The number of hydrogen-bond donors (Lipinski definition) is 0. The Hall–Kier alpha value is -2.04. The lowest BCUT2D eigenvalue weighted by atomic mass is 10.1. The van der Waals surface area contributed by atoms with Gasteiger partial charge in [0.15, 0.2) is 23.7 Å². The third-order valence-corrected chi connectivity index (χ3v) is 2.10. The molecule has 2 aromatic rings. The second kappa shape index (κ2) is 3.84. The topological polar surface area (TPSA) is 30.2 Å². The Morgan fingerprint density at radius 1 is 1.00 bits per heavy atom. The minimum atomic E-state index is -1.28. The van der Waals surface area contributed by atoms with Crippen molar-refractivity contribution in [2.75, 3.05) is 0 Å². The van der Waals surface area contributed by atoms with E-state index in [2.05, 4.69) is 0 Å². The molecule has 0 spiro atoms. The first kappa shape index (κ1) is 10.5. The molecule has 0 atom stereocenters. The van der Waals surface area contributed by atoms with Gasteiger partial charge in [-0.1, -0.05) is 0 Å². The summed E-state index contributed by atoms with van der Waals surface area (Å²) in [6.45, 7) is 0. The number of benzene rings is 1. The molecule has 0 amide bonds. The van der Waals surface area contributed by atoms with Gasteiger partial charge in [0.1, 0.15) is 5.82 Å². The highest BCUT2D eigenvalue weighted by Gasteiger charge is 2.15. The van der Waals surface area contributed by atoms with Crippen molar-refractivity contribution in [3.05, 3.63) is 47.7 Å². The maximum absolute atomic E-state index is 13.3. The average molecular weight is 226 g/mol. The predicted octanol–water partition coefficient (Wildman–Crippen LogP) is 3.18. The number of aldehydes is 1. The van der Waals surface area contributed by atoms with Gasteiger partial charge in [0.05, 0.1) is 6.26 Å². The van der Waals surface area contributed by atoms with Crippen LogP contribution in [0.15, 0.2) is 28.9 Å². The van der Waals surface area contributed by atoms with E-state index in [0.717, 1.165) is 0 Å². The van der Waals surface area contributed by atoms with Gasteiger partial charge >= 0.3 is 0 Å². The molecule has 0 aliphatic heterocycles. The summed E-state index contributed by atoms with van der Waals surface area (Å²) in [6.07, 6.45) is 1.54. The number of carbonyl (C=O) groups excluding carboxylic acids is 1. The molecule has 0 saturated heterocycles. The molecular weight excluding hydrogens is 221 g/mol. The normalized spacial score (nSPS) is 10.4. The van der Waals surface area contributed by atoms with Crippen LogP contribution in [0.5, 0.6) is 0 Å². The maximum atomic E-state index is 13.3. The summed E-state index contributed by atoms with van der Waals surface area (Å²) >= 11 is 0. The van der Waals surface area contributed by atoms with Crippen LogP contribution in [0.4, 0.5) is 13.2 Å². The molecule has 0 radical (unpaired) electrons. The van der Waals surface area contributed by atoms with Crippen LogP contribution < -0.4 is 0 Å². The van der Waals surface area contributed by atoms with Crippen molar-refractivity contribution in [3.8, 4) is 11.1 Å². The van der Waals surface area contributed by atoms with E-state index >= 15 is 0 Å². The summed E-state index contributed by atoms with van der Waals surface area (Å²) < 4.78 is 43.7. The van der Waals surface area contributed by atoms with Gasteiger partial charge in [-0.05, 0) is 12.1 Å². The second-order valence-electron chi connectivity index (χ2n) is 3.06. The molecule has 1 heterocycles. The summed E-state index contributed by atoms with van der Waals surface area (Å²) in [7, 11) is 0. The third-order valence-electron chi connectivity index (χ3n) is 2.10. The Kier molecular flexibility index (Phi) is 2.52. The van der Waals surface area contributed by atoms with Crippen LogP contribution in [-0.2, 0) is 0 Å². The van der Waals surface area contributed by atoms with Crippen LogP contribution in [0.3, 0.4) is 0 Å². The molecule has 82 valence electrons. The molecule has 0 aliphatic carbocycles. The Morgan fingerprint density at radius 3 is 2.38 bits per heavy atom. The van der Waals surface area contributed by atoms with Gasteiger partial charge in [-0.3, -0.25) is 4.79 Å². The van der Waals surface area contributed by atoms with Crippen molar-refractivity contribution in [1.82, 2.24) is 0 Å². The average Bonchev–Trinajstić information content (AvgIpc) is 2.71. The van der Waals surface area contributed by atoms with Gasteiger partial charge < -0.3 is 4.42 Å². The Labute approximate surface area is 88.3 Å². The Bertz CT molecular complexity index is 546. The van der Waals surface area contributed by atoms with Gasteiger partial charge in [-0.15, -0.1) is 0 Å². The Balaban J connectivity index is 2.64. The smallest absolute Gasteiger partial charge is 0.185 e. The summed E-state index contributed by atoms with van der Waals surface area (Å²) in [6, 6.07) is 2.41. The van der Waals surface area contributed by atoms with E-state index in [9.17, 15) is 18.0 Å². The highest BCUT2D eigenvalue weighted by Crippen LogP contribution is 2.28. The van der Waals surface area contributed by atoms with Crippen molar-refractivity contribution in [2.45, 2.75) is 0 Å². The third kappa shape index (κ3) is 1.60. The zero-order valence-electron chi connectivity index (χ0n) is 7.84. The molecule has 0 aliphatic rings. The molecule has 0 unspecified atom stereocenters. The lowest BCUT2D eigenvalue weighted by molar-refractivity contribution is 0.110. The monoisotopic (exact) mass is 226 g/mol. The predicted molar refractivity (Wildman–Crippen MR) is 49.4 cm³/mol. The molecule has 0 fully saturated rings. The van der Waals surface area contributed by atoms with E-state index in [-0.39, 0.29) is 16.9 Å². The van der Waals surface area contributed by atoms with Crippen molar-refractivity contribution in [1.29, 1.82) is 0 Å². The summed E-state index contributed by atoms with van der Waals surface area (Å²) in [4.78, 5) is 10.5. The van der Waals surface area contributed by atoms with E-state index in [0.29, 0.717) is 18.4 Å². The van der Waals surface area contributed by atoms with E-state index in [1.807, 2.05) is 0 Å². The lowest BCUT2D eigenvalue weighted by Gasteiger charge is -2.02. The fourth-order valence-electron chi connectivity index (χ4n) is 1.36. The van der Waals surface area contributed by atoms with Crippen LogP contribution in [-0.4, -0.2) is 6.29 Å².